The van der Waals surface area contributed by atoms with Crippen LogP contribution >= 0.6 is 11.3 Å². The van der Waals surface area contributed by atoms with Gasteiger partial charge in [0.15, 0.2) is 0 Å². The molecular weight excluding hydrogens is 374 g/mol. The van der Waals surface area contributed by atoms with Crippen LogP contribution in [-0.2, 0) is 0 Å². The zero-order valence-corrected chi connectivity index (χ0v) is 16.8. The number of carbonyl (C=O) groups excluding carboxylic acids is 1. The van der Waals surface area contributed by atoms with Gasteiger partial charge >= 0.3 is 0 Å². The lowest BCUT2D eigenvalue weighted by molar-refractivity contribution is 0.101. The summed E-state index contributed by atoms with van der Waals surface area (Å²) in [5.41, 5.74) is 3.90. The molecule has 0 saturated carbocycles. The molecule has 0 fully saturated rings. The molecular formula is C19H19N7OS. The molecule has 1 N–H and O–H groups in total. The predicted molar refractivity (Wildman–Crippen MR) is 108 cm³/mol. The van der Waals surface area contributed by atoms with Gasteiger partial charge in [0.25, 0.3) is 11.7 Å². The molecule has 142 valence electrons. The van der Waals surface area contributed by atoms with Gasteiger partial charge in [-0.3, -0.25) is 10.1 Å². The molecule has 0 atom stereocenters. The number of carbonyl (C=O) groups is 1. The van der Waals surface area contributed by atoms with Crippen LogP contribution in [0, 0.1) is 13.8 Å². The van der Waals surface area contributed by atoms with Crippen molar-refractivity contribution in [2.75, 3.05) is 5.32 Å². The van der Waals surface area contributed by atoms with Gasteiger partial charge in [0.05, 0.1) is 0 Å². The molecule has 1 aromatic carbocycles. The maximum atomic E-state index is 12.5. The second kappa shape index (κ2) is 7.08. The first-order valence-electron chi connectivity index (χ1n) is 8.87. The minimum atomic E-state index is -0.444. The summed E-state index contributed by atoms with van der Waals surface area (Å²) in [4.78, 5) is 21.0. The van der Waals surface area contributed by atoms with E-state index in [1.165, 1.54) is 16.9 Å². The number of benzene rings is 1. The molecule has 0 bridgehead atoms. The summed E-state index contributed by atoms with van der Waals surface area (Å²) < 4.78 is 1.55. The minimum Gasteiger partial charge on any atom is -0.294 e. The zero-order valence-electron chi connectivity index (χ0n) is 16.0. The third-order valence-corrected chi connectivity index (χ3v) is 5.18. The molecule has 0 aliphatic carbocycles. The maximum Gasteiger partial charge on any atom is 0.297 e. The molecule has 0 saturated heterocycles. The molecule has 0 radical (unpaired) electrons. The lowest BCUT2D eigenvalue weighted by Crippen LogP contribution is -2.13. The van der Waals surface area contributed by atoms with E-state index < -0.39 is 5.91 Å². The third kappa shape index (κ3) is 3.48. The van der Waals surface area contributed by atoms with E-state index in [-0.39, 0.29) is 5.82 Å². The van der Waals surface area contributed by atoms with E-state index in [1.54, 1.807) is 4.52 Å². The van der Waals surface area contributed by atoms with Crippen LogP contribution in [0.4, 0.5) is 5.13 Å². The van der Waals surface area contributed by atoms with Gasteiger partial charge in [0.1, 0.15) is 5.01 Å². The van der Waals surface area contributed by atoms with E-state index in [9.17, 15) is 4.79 Å². The number of anilines is 1. The number of hydrogen-bond acceptors (Lipinski definition) is 7. The number of fused-ring (bicyclic) bond motifs is 1. The van der Waals surface area contributed by atoms with Gasteiger partial charge in [-0.25, -0.2) is 9.50 Å². The van der Waals surface area contributed by atoms with Gasteiger partial charge in [-0.05, 0) is 31.4 Å². The Hall–Kier alpha value is -3.20. The second-order valence-electron chi connectivity index (χ2n) is 6.83. The van der Waals surface area contributed by atoms with Crippen LogP contribution in [0.5, 0.6) is 0 Å². The molecule has 0 unspecified atom stereocenters. The molecule has 9 heteroatoms. The summed E-state index contributed by atoms with van der Waals surface area (Å²) >= 11 is 1.30. The summed E-state index contributed by atoms with van der Waals surface area (Å²) in [5, 5.41) is 16.3. The minimum absolute atomic E-state index is 0.0410. The van der Waals surface area contributed by atoms with Crippen molar-refractivity contribution in [2.24, 2.45) is 0 Å². The Morgan fingerprint density at radius 2 is 1.86 bits per heavy atom. The van der Waals surface area contributed by atoms with Crippen LogP contribution in [0.3, 0.4) is 0 Å². The lowest BCUT2D eigenvalue weighted by Gasteiger charge is -2.04. The largest absolute Gasteiger partial charge is 0.297 e. The zero-order chi connectivity index (χ0) is 19.8. The molecule has 0 aliphatic rings. The molecule has 0 spiro atoms. The van der Waals surface area contributed by atoms with Crippen molar-refractivity contribution in [3.63, 3.8) is 0 Å². The molecule has 4 rings (SSSR count). The SMILES string of the molecule is Cc1cc(C)n2nc(C(=O)Nc3nnc(-c4ccc(C(C)C)cc4)s3)nc2n1. The first kappa shape index (κ1) is 18.2. The average Bonchev–Trinajstić information content (AvgIpc) is 3.29. The van der Waals surface area contributed by atoms with Crippen molar-refractivity contribution in [3.8, 4) is 10.6 Å². The normalized spacial score (nSPS) is 11.3. The van der Waals surface area contributed by atoms with Gasteiger partial charge in [0, 0.05) is 17.0 Å². The molecule has 28 heavy (non-hydrogen) atoms. The van der Waals surface area contributed by atoms with E-state index in [0.29, 0.717) is 16.8 Å². The summed E-state index contributed by atoms with van der Waals surface area (Å²) in [7, 11) is 0. The number of amides is 1. The fourth-order valence-corrected chi connectivity index (χ4v) is 3.56. The molecule has 4 aromatic rings. The molecule has 3 aromatic heterocycles. The van der Waals surface area contributed by atoms with Gasteiger partial charge < -0.3 is 0 Å². The van der Waals surface area contributed by atoms with Gasteiger partial charge in [0.2, 0.25) is 11.0 Å². The number of hydrogen-bond donors (Lipinski definition) is 1. The number of aromatic nitrogens is 6. The highest BCUT2D eigenvalue weighted by atomic mass is 32.1. The van der Waals surface area contributed by atoms with Crippen LogP contribution in [0.15, 0.2) is 30.3 Å². The molecule has 0 aliphatic heterocycles. The van der Waals surface area contributed by atoms with E-state index in [2.05, 4.69) is 56.6 Å². The quantitative estimate of drug-likeness (QED) is 0.568. The van der Waals surface area contributed by atoms with Crippen molar-refractivity contribution in [1.82, 2.24) is 29.8 Å². The van der Waals surface area contributed by atoms with Gasteiger partial charge in [-0.2, -0.15) is 4.98 Å². The summed E-state index contributed by atoms with van der Waals surface area (Å²) in [6.45, 7) is 8.07. The van der Waals surface area contributed by atoms with E-state index in [0.717, 1.165) is 22.0 Å². The van der Waals surface area contributed by atoms with Crippen molar-refractivity contribution in [2.45, 2.75) is 33.6 Å². The van der Waals surface area contributed by atoms with Crippen LogP contribution in [0.2, 0.25) is 0 Å². The fraction of sp³-hybridized carbons (Fsp3) is 0.263. The summed E-state index contributed by atoms with van der Waals surface area (Å²) in [5.74, 6) is 0.462. The second-order valence-corrected chi connectivity index (χ2v) is 7.81. The Bertz CT molecular complexity index is 1160. The van der Waals surface area contributed by atoms with E-state index in [4.69, 9.17) is 0 Å². The standard InChI is InChI=1S/C19H19N7OS/c1-10(2)13-5-7-14(8-6-13)17-23-24-19(28-17)22-16(27)15-21-18-20-11(3)9-12(4)26(18)25-15/h5-10H,1-4H3,(H,22,24,27). The highest BCUT2D eigenvalue weighted by Crippen LogP contribution is 2.27. The van der Waals surface area contributed by atoms with Crippen molar-refractivity contribution < 1.29 is 4.79 Å². The van der Waals surface area contributed by atoms with Gasteiger partial charge in [-0.1, -0.05) is 49.4 Å². The Balaban J connectivity index is 1.53. The highest BCUT2D eigenvalue weighted by Gasteiger charge is 2.17. The van der Waals surface area contributed by atoms with Crippen LogP contribution in [0.1, 0.15) is 47.3 Å². The van der Waals surface area contributed by atoms with Crippen molar-refractivity contribution in [1.29, 1.82) is 0 Å². The Morgan fingerprint density at radius 1 is 1.11 bits per heavy atom. The monoisotopic (exact) mass is 393 g/mol. The summed E-state index contributed by atoms with van der Waals surface area (Å²) in [6, 6.07) is 10.1. The predicted octanol–water partition coefficient (Wildman–Crippen LogP) is 3.64. The number of nitrogens with zero attached hydrogens (tertiary/aromatic N) is 6. The Labute approximate surface area is 165 Å². The van der Waals surface area contributed by atoms with Crippen LogP contribution in [-0.4, -0.2) is 35.7 Å². The lowest BCUT2D eigenvalue weighted by atomic mass is 10.0. The van der Waals surface area contributed by atoms with Crippen molar-refractivity contribution in [3.05, 3.63) is 53.1 Å². The topological polar surface area (TPSA) is 98.0 Å². The van der Waals surface area contributed by atoms with Crippen LogP contribution < -0.4 is 5.32 Å². The van der Waals surface area contributed by atoms with Gasteiger partial charge in [-0.15, -0.1) is 15.3 Å². The number of nitrogens with one attached hydrogen (secondary N) is 1. The number of aryl methyl sites for hydroxylation is 2. The smallest absolute Gasteiger partial charge is 0.294 e. The third-order valence-electron chi connectivity index (χ3n) is 4.29. The average molecular weight is 393 g/mol. The van der Waals surface area contributed by atoms with E-state index in [1.807, 2.05) is 32.0 Å². The number of rotatable bonds is 4. The van der Waals surface area contributed by atoms with Crippen molar-refractivity contribution >= 4 is 28.2 Å². The maximum absolute atomic E-state index is 12.5. The molecule has 3 heterocycles. The summed E-state index contributed by atoms with van der Waals surface area (Å²) in [6.07, 6.45) is 0. The molecule has 1 amide bonds. The Morgan fingerprint density at radius 3 is 2.57 bits per heavy atom. The first-order chi connectivity index (χ1) is 13.4. The molecule has 8 nitrogen and oxygen atoms in total. The van der Waals surface area contributed by atoms with Crippen LogP contribution in [0.25, 0.3) is 16.3 Å². The Kier molecular flexibility index (Phi) is 4.60. The fourth-order valence-electron chi connectivity index (χ4n) is 2.82. The van der Waals surface area contributed by atoms with E-state index >= 15 is 0 Å². The first-order valence-corrected chi connectivity index (χ1v) is 9.68. The highest BCUT2D eigenvalue weighted by molar-refractivity contribution is 7.18.